The van der Waals surface area contributed by atoms with Gasteiger partial charge >= 0.3 is 0 Å². The average molecular weight is 459 g/mol. The second-order valence-corrected chi connectivity index (χ2v) is 8.90. The van der Waals surface area contributed by atoms with Crippen LogP contribution in [0.5, 0.6) is 5.75 Å². The molecule has 2 aromatic rings. The van der Waals surface area contributed by atoms with Gasteiger partial charge in [-0.15, -0.1) is 5.10 Å². The Morgan fingerprint density at radius 1 is 1.06 bits per heavy atom. The molecule has 0 atom stereocenters. The number of ether oxygens (including phenoxy) is 2. The normalized spacial score (nSPS) is 11.2. The summed E-state index contributed by atoms with van der Waals surface area (Å²) >= 11 is 0. The lowest BCUT2D eigenvalue weighted by Crippen LogP contribution is -2.27. The average Bonchev–Trinajstić information content (AvgIpc) is 3.26. The second kappa shape index (κ2) is 14.4. The third kappa shape index (κ3) is 10.6. The molecule has 0 aliphatic carbocycles. The Hall–Kier alpha value is -2.74. The Labute approximate surface area is 197 Å². The predicted molar refractivity (Wildman–Crippen MR) is 128 cm³/mol. The molecule has 0 saturated carbocycles. The molecule has 0 radical (unpaired) electrons. The van der Waals surface area contributed by atoms with Crippen molar-refractivity contribution in [3.05, 3.63) is 30.5 Å². The van der Waals surface area contributed by atoms with Gasteiger partial charge in [0.15, 0.2) is 5.78 Å². The number of carbonyl (C=O) groups excluding carboxylic acids is 2. The Morgan fingerprint density at radius 3 is 2.52 bits per heavy atom. The van der Waals surface area contributed by atoms with Gasteiger partial charge in [-0.05, 0) is 36.6 Å². The molecule has 0 saturated heterocycles. The number of unbranched alkanes of at least 4 members (excludes halogenated alkanes) is 1. The van der Waals surface area contributed by atoms with E-state index in [2.05, 4.69) is 29.5 Å². The zero-order valence-corrected chi connectivity index (χ0v) is 20.4. The molecule has 0 spiro atoms. The van der Waals surface area contributed by atoms with E-state index >= 15 is 0 Å². The third-order valence-electron chi connectivity index (χ3n) is 5.18. The van der Waals surface area contributed by atoms with Crippen LogP contribution < -0.4 is 10.1 Å². The van der Waals surface area contributed by atoms with Gasteiger partial charge in [-0.25, -0.2) is 4.68 Å². The predicted octanol–water partition coefficient (Wildman–Crippen LogP) is 3.90. The molecule has 8 nitrogen and oxygen atoms in total. The highest BCUT2D eigenvalue weighted by Gasteiger charge is 2.09. The molecule has 182 valence electrons. The van der Waals surface area contributed by atoms with Crippen molar-refractivity contribution >= 4 is 11.7 Å². The molecule has 8 heteroatoms. The van der Waals surface area contributed by atoms with E-state index in [-0.39, 0.29) is 24.2 Å². The molecule has 0 aliphatic rings. The summed E-state index contributed by atoms with van der Waals surface area (Å²) in [6.07, 6.45) is 5.64. The number of ketones is 1. The number of nitrogens with one attached hydrogen (secondary N) is 1. The van der Waals surface area contributed by atoms with Gasteiger partial charge in [-0.2, -0.15) is 0 Å². The Morgan fingerprint density at radius 2 is 1.82 bits per heavy atom. The minimum absolute atomic E-state index is 0.0357. The number of nitrogens with zero attached hydrogens (tertiary/aromatic N) is 3. The summed E-state index contributed by atoms with van der Waals surface area (Å²) in [5.41, 5.74) is 1.67. The maximum atomic E-state index is 11.8. The van der Waals surface area contributed by atoms with Gasteiger partial charge < -0.3 is 14.8 Å². The largest absolute Gasteiger partial charge is 0.486 e. The topological polar surface area (TPSA) is 95.3 Å². The van der Waals surface area contributed by atoms with Crippen LogP contribution in [0.2, 0.25) is 0 Å². The first kappa shape index (κ1) is 26.5. The molecular formula is C25H38N4O4. The lowest BCUT2D eigenvalue weighted by Gasteiger charge is -2.07. The van der Waals surface area contributed by atoms with Gasteiger partial charge in [-0.3, -0.25) is 9.59 Å². The van der Waals surface area contributed by atoms with Crippen molar-refractivity contribution < 1.29 is 19.1 Å². The van der Waals surface area contributed by atoms with Crippen LogP contribution in [0.15, 0.2) is 30.5 Å². The van der Waals surface area contributed by atoms with E-state index in [1.807, 2.05) is 44.3 Å². The molecule has 0 unspecified atom stereocenters. The van der Waals surface area contributed by atoms with Crippen molar-refractivity contribution in [3.63, 3.8) is 0 Å². The third-order valence-corrected chi connectivity index (χ3v) is 5.18. The Kier molecular flexibility index (Phi) is 11.6. The second-order valence-electron chi connectivity index (χ2n) is 8.90. The summed E-state index contributed by atoms with van der Waals surface area (Å²) in [5, 5.41) is 11.2. The zero-order valence-electron chi connectivity index (χ0n) is 20.4. The number of hydrogen-bond donors (Lipinski definition) is 1. The standard InChI is InChI=1S/C25H38N4O4/c1-19(2)7-5-6-8-25(31)26-13-15-32-16-14-29-17-23(27-28-29)21-9-11-22(12-10-21)33-18-24(30)20(3)4/h9-12,17,19-20H,5-8,13-16,18H2,1-4H3,(H,26,31). The van der Waals surface area contributed by atoms with Gasteiger partial charge in [0.2, 0.25) is 5.91 Å². The fourth-order valence-electron chi connectivity index (χ4n) is 3.03. The zero-order chi connectivity index (χ0) is 24.1. The van der Waals surface area contributed by atoms with Crippen molar-refractivity contribution in [3.8, 4) is 17.0 Å². The van der Waals surface area contributed by atoms with Crippen molar-refractivity contribution in [2.75, 3.05) is 26.4 Å². The van der Waals surface area contributed by atoms with Crippen LogP contribution in [0.3, 0.4) is 0 Å². The van der Waals surface area contributed by atoms with Crippen LogP contribution in [0, 0.1) is 11.8 Å². The van der Waals surface area contributed by atoms with Gasteiger partial charge in [0.1, 0.15) is 18.1 Å². The molecule has 0 bridgehead atoms. The fraction of sp³-hybridized carbons (Fsp3) is 0.600. The van der Waals surface area contributed by atoms with Crippen molar-refractivity contribution in [2.24, 2.45) is 11.8 Å². The van der Waals surface area contributed by atoms with E-state index in [0.29, 0.717) is 44.4 Å². The smallest absolute Gasteiger partial charge is 0.220 e. The molecule has 0 aliphatic heterocycles. The maximum absolute atomic E-state index is 11.8. The lowest BCUT2D eigenvalue weighted by atomic mass is 10.1. The SMILES string of the molecule is CC(C)CCCCC(=O)NCCOCCn1cc(-c2ccc(OCC(=O)C(C)C)cc2)nn1. The summed E-state index contributed by atoms with van der Waals surface area (Å²) in [6.45, 7) is 10.3. The first-order valence-electron chi connectivity index (χ1n) is 11.9. The van der Waals surface area contributed by atoms with Crippen molar-refractivity contribution in [2.45, 2.75) is 59.9 Å². The fourth-order valence-corrected chi connectivity index (χ4v) is 3.03. The van der Waals surface area contributed by atoms with E-state index in [9.17, 15) is 9.59 Å². The van der Waals surface area contributed by atoms with Crippen molar-refractivity contribution in [1.29, 1.82) is 0 Å². The van der Waals surface area contributed by atoms with E-state index < -0.39 is 0 Å². The van der Waals surface area contributed by atoms with Gasteiger partial charge in [0.05, 0.1) is 26.0 Å². The summed E-state index contributed by atoms with van der Waals surface area (Å²) in [5.74, 6) is 1.47. The summed E-state index contributed by atoms with van der Waals surface area (Å²) in [4.78, 5) is 23.5. The quantitative estimate of drug-likeness (QED) is 0.383. The minimum atomic E-state index is -0.0357. The Balaban J connectivity index is 1.62. The summed E-state index contributed by atoms with van der Waals surface area (Å²) < 4.78 is 12.8. The van der Waals surface area contributed by atoms with Gasteiger partial charge in [0.25, 0.3) is 0 Å². The molecule has 1 heterocycles. The molecule has 2 rings (SSSR count). The van der Waals surface area contributed by atoms with Crippen LogP contribution in [0.25, 0.3) is 11.3 Å². The molecule has 1 N–H and O–H groups in total. The monoisotopic (exact) mass is 458 g/mol. The highest BCUT2D eigenvalue weighted by Crippen LogP contribution is 2.20. The molecule has 1 aromatic carbocycles. The van der Waals surface area contributed by atoms with Crippen LogP contribution >= 0.6 is 0 Å². The molecule has 1 aromatic heterocycles. The van der Waals surface area contributed by atoms with E-state index in [1.165, 1.54) is 6.42 Å². The first-order chi connectivity index (χ1) is 15.8. The first-order valence-corrected chi connectivity index (χ1v) is 11.9. The maximum Gasteiger partial charge on any atom is 0.220 e. The molecule has 33 heavy (non-hydrogen) atoms. The van der Waals surface area contributed by atoms with Gasteiger partial charge in [-0.1, -0.05) is 45.7 Å². The van der Waals surface area contributed by atoms with E-state index in [0.717, 1.165) is 24.1 Å². The van der Waals surface area contributed by atoms with Crippen LogP contribution in [0.1, 0.15) is 53.4 Å². The number of Topliss-reactive ketones (excluding diaryl/α,β-unsaturated/α-hetero) is 1. The Bertz CT molecular complexity index is 846. The highest BCUT2D eigenvalue weighted by molar-refractivity contribution is 5.81. The summed E-state index contributed by atoms with van der Waals surface area (Å²) in [7, 11) is 0. The molecule has 1 amide bonds. The van der Waals surface area contributed by atoms with Crippen LogP contribution in [-0.4, -0.2) is 53.0 Å². The van der Waals surface area contributed by atoms with E-state index in [1.54, 1.807) is 4.68 Å². The highest BCUT2D eigenvalue weighted by atomic mass is 16.5. The number of carbonyl (C=O) groups is 2. The van der Waals surface area contributed by atoms with Crippen molar-refractivity contribution in [1.82, 2.24) is 20.3 Å². The molecule has 0 fully saturated rings. The van der Waals surface area contributed by atoms with E-state index in [4.69, 9.17) is 9.47 Å². The number of rotatable bonds is 16. The van der Waals surface area contributed by atoms with Crippen LogP contribution in [-0.2, 0) is 20.9 Å². The van der Waals surface area contributed by atoms with Crippen LogP contribution in [0.4, 0.5) is 0 Å². The number of hydrogen-bond acceptors (Lipinski definition) is 6. The number of amides is 1. The number of benzene rings is 1. The minimum Gasteiger partial charge on any atom is -0.486 e. The number of aromatic nitrogens is 3. The summed E-state index contributed by atoms with van der Waals surface area (Å²) in [6, 6.07) is 7.44. The lowest BCUT2D eigenvalue weighted by molar-refractivity contribution is -0.124. The molecular weight excluding hydrogens is 420 g/mol. The van der Waals surface area contributed by atoms with Gasteiger partial charge in [0, 0.05) is 24.4 Å².